The van der Waals surface area contributed by atoms with E-state index in [1.807, 2.05) is 0 Å². The molecule has 0 amide bonds. The summed E-state index contributed by atoms with van der Waals surface area (Å²) in [6, 6.07) is 0. The van der Waals surface area contributed by atoms with Gasteiger partial charge in [0.1, 0.15) is 0 Å². The first kappa shape index (κ1) is 11.4. The Hall–Kier alpha value is -0.120. The number of ether oxygens (including phenoxy) is 1. The molecule has 1 N–H and O–H groups in total. The van der Waals surface area contributed by atoms with Crippen LogP contribution in [0.2, 0.25) is 0 Å². The number of nitrogens with zero attached hydrogens (tertiary/aromatic N) is 1. The SMILES string of the molecule is CCN1CCC(OC2CCNCC2)CC1. The third-order valence-electron chi connectivity index (χ3n) is 3.65. The van der Waals surface area contributed by atoms with Gasteiger partial charge in [0.25, 0.3) is 0 Å². The van der Waals surface area contributed by atoms with Gasteiger partial charge >= 0.3 is 0 Å². The van der Waals surface area contributed by atoms with Crippen LogP contribution in [0.1, 0.15) is 32.6 Å². The van der Waals surface area contributed by atoms with Crippen LogP contribution >= 0.6 is 0 Å². The monoisotopic (exact) mass is 212 g/mol. The van der Waals surface area contributed by atoms with E-state index in [-0.39, 0.29) is 0 Å². The Morgan fingerprint density at radius 2 is 1.67 bits per heavy atom. The molecule has 0 aromatic rings. The van der Waals surface area contributed by atoms with Gasteiger partial charge in [-0.3, -0.25) is 0 Å². The van der Waals surface area contributed by atoms with Crippen LogP contribution in [0.5, 0.6) is 0 Å². The van der Waals surface area contributed by atoms with Crippen LogP contribution in [0.4, 0.5) is 0 Å². The van der Waals surface area contributed by atoms with Gasteiger partial charge in [0.2, 0.25) is 0 Å². The Kier molecular flexibility index (Phi) is 4.42. The zero-order valence-electron chi connectivity index (χ0n) is 9.87. The number of nitrogens with one attached hydrogen (secondary N) is 1. The van der Waals surface area contributed by atoms with Crippen molar-refractivity contribution in [1.29, 1.82) is 0 Å². The second-order valence-corrected chi connectivity index (χ2v) is 4.72. The fraction of sp³-hybridized carbons (Fsp3) is 1.00. The van der Waals surface area contributed by atoms with Gasteiger partial charge in [0, 0.05) is 13.1 Å². The highest BCUT2D eigenvalue weighted by Gasteiger charge is 2.22. The number of hydrogen-bond donors (Lipinski definition) is 1. The maximum Gasteiger partial charge on any atom is 0.0603 e. The van der Waals surface area contributed by atoms with E-state index in [4.69, 9.17) is 4.74 Å². The highest BCUT2D eigenvalue weighted by molar-refractivity contribution is 4.75. The van der Waals surface area contributed by atoms with Crippen molar-refractivity contribution in [3.8, 4) is 0 Å². The molecule has 2 fully saturated rings. The second-order valence-electron chi connectivity index (χ2n) is 4.72. The van der Waals surface area contributed by atoms with Gasteiger partial charge < -0.3 is 15.0 Å². The highest BCUT2D eigenvalue weighted by Crippen LogP contribution is 2.18. The second kappa shape index (κ2) is 5.83. The van der Waals surface area contributed by atoms with E-state index >= 15 is 0 Å². The van der Waals surface area contributed by atoms with Crippen LogP contribution in [0.3, 0.4) is 0 Å². The summed E-state index contributed by atoms with van der Waals surface area (Å²) in [5, 5.41) is 3.38. The average Bonchev–Trinajstić information content (AvgIpc) is 2.31. The largest absolute Gasteiger partial charge is 0.375 e. The predicted molar refractivity (Wildman–Crippen MR) is 62.1 cm³/mol. The molecule has 2 aliphatic rings. The summed E-state index contributed by atoms with van der Waals surface area (Å²) >= 11 is 0. The van der Waals surface area contributed by atoms with E-state index in [1.165, 1.54) is 45.3 Å². The minimum Gasteiger partial charge on any atom is -0.375 e. The number of rotatable bonds is 3. The maximum absolute atomic E-state index is 6.16. The summed E-state index contributed by atoms with van der Waals surface area (Å²) in [6.07, 6.45) is 5.94. The van der Waals surface area contributed by atoms with Crippen molar-refractivity contribution < 1.29 is 4.74 Å². The standard InChI is InChI=1S/C12H24N2O/c1-2-14-9-5-12(6-10-14)15-11-3-7-13-8-4-11/h11-13H,2-10H2,1H3. The minimum atomic E-state index is 0.532. The summed E-state index contributed by atoms with van der Waals surface area (Å²) in [7, 11) is 0. The number of likely N-dealkylation sites (tertiary alicyclic amines) is 1. The molecule has 2 aliphatic heterocycles. The quantitative estimate of drug-likeness (QED) is 0.762. The molecule has 2 heterocycles. The summed E-state index contributed by atoms with van der Waals surface area (Å²) < 4.78 is 6.16. The lowest BCUT2D eigenvalue weighted by molar-refractivity contribution is -0.0524. The van der Waals surface area contributed by atoms with Crippen LogP contribution < -0.4 is 5.32 Å². The zero-order chi connectivity index (χ0) is 10.5. The lowest BCUT2D eigenvalue weighted by Crippen LogP contribution is -2.40. The molecule has 2 rings (SSSR count). The molecule has 3 nitrogen and oxygen atoms in total. The van der Waals surface area contributed by atoms with Crippen LogP contribution in [0, 0.1) is 0 Å². The first-order valence-electron chi connectivity index (χ1n) is 6.47. The van der Waals surface area contributed by atoms with Crippen LogP contribution in [-0.4, -0.2) is 49.8 Å². The van der Waals surface area contributed by atoms with Gasteiger partial charge in [-0.15, -0.1) is 0 Å². The molecule has 2 saturated heterocycles. The average molecular weight is 212 g/mol. The molecule has 0 unspecified atom stereocenters. The maximum atomic E-state index is 6.16. The van der Waals surface area contributed by atoms with Crippen molar-refractivity contribution in [3.63, 3.8) is 0 Å². The summed E-state index contributed by atoms with van der Waals surface area (Å²) in [4.78, 5) is 2.52. The van der Waals surface area contributed by atoms with Crippen LogP contribution in [0.15, 0.2) is 0 Å². The molecule has 0 radical (unpaired) electrons. The fourth-order valence-corrected chi connectivity index (χ4v) is 2.57. The van der Waals surface area contributed by atoms with Gasteiger partial charge in [-0.05, 0) is 45.3 Å². The third kappa shape index (κ3) is 3.44. The summed E-state index contributed by atoms with van der Waals surface area (Å²) in [5.41, 5.74) is 0. The summed E-state index contributed by atoms with van der Waals surface area (Å²) in [6.45, 7) is 8.17. The molecule has 0 bridgehead atoms. The van der Waals surface area contributed by atoms with Gasteiger partial charge in [-0.1, -0.05) is 6.92 Å². The Bertz CT molecular complexity index is 172. The van der Waals surface area contributed by atoms with E-state index in [0.717, 1.165) is 13.1 Å². The Morgan fingerprint density at radius 3 is 2.27 bits per heavy atom. The fourth-order valence-electron chi connectivity index (χ4n) is 2.57. The smallest absolute Gasteiger partial charge is 0.0603 e. The molecule has 0 aromatic carbocycles. The van der Waals surface area contributed by atoms with E-state index in [9.17, 15) is 0 Å². The van der Waals surface area contributed by atoms with Crippen molar-refractivity contribution in [2.45, 2.75) is 44.8 Å². The molecule has 0 atom stereocenters. The molecule has 88 valence electrons. The van der Waals surface area contributed by atoms with E-state index in [2.05, 4.69) is 17.1 Å². The predicted octanol–water partition coefficient (Wildman–Crippen LogP) is 1.24. The Morgan fingerprint density at radius 1 is 1.07 bits per heavy atom. The van der Waals surface area contributed by atoms with E-state index in [1.54, 1.807) is 0 Å². The van der Waals surface area contributed by atoms with Crippen molar-refractivity contribution in [2.75, 3.05) is 32.7 Å². The van der Waals surface area contributed by atoms with Crippen molar-refractivity contribution in [3.05, 3.63) is 0 Å². The Labute approximate surface area is 93.2 Å². The van der Waals surface area contributed by atoms with Gasteiger partial charge in [0.05, 0.1) is 12.2 Å². The van der Waals surface area contributed by atoms with Gasteiger partial charge in [-0.2, -0.15) is 0 Å². The molecular formula is C12H24N2O. The lowest BCUT2D eigenvalue weighted by Gasteiger charge is -2.34. The molecule has 0 saturated carbocycles. The zero-order valence-corrected chi connectivity index (χ0v) is 9.87. The molecule has 0 spiro atoms. The van der Waals surface area contributed by atoms with E-state index < -0.39 is 0 Å². The van der Waals surface area contributed by atoms with Crippen LogP contribution in [0.25, 0.3) is 0 Å². The minimum absolute atomic E-state index is 0.532. The first-order chi connectivity index (χ1) is 7.38. The van der Waals surface area contributed by atoms with Crippen molar-refractivity contribution in [1.82, 2.24) is 10.2 Å². The lowest BCUT2D eigenvalue weighted by atomic mass is 10.1. The number of hydrogen-bond acceptors (Lipinski definition) is 3. The highest BCUT2D eigenvalue weighted by atomic mass is 16.5. The van der Waals surface area contributed by atoms with Crippen molar-refractivity contribution >= 4 is 0 Å². The molecule has 15 heavy (non-hydrogen) atoms. The third-order valence-corrected chi connectivity index (χ3v) is 3.65. The van der Waals surface area contributed by atoms with E-state index in [0.29, 0.717) is 12.2 Å². The van der Waals surface area contributed by atoms with Crippen LogP contribution in [-0.2, 0) is 4.74 Å². The molecule has 3 heteroatoms. The molecule has 0 aromatic heterocycles. The normalized spacial score (nSPS) is 27.0. The topological polar surface area (TPSA) is 24.5 Å². The number of piperidine rings is 2. The van der Waals surface area contributed by atoms with Gasteiger partial charge in [0.15, 0.2) is 0 Å². The summed E-state index contributed by atoms with van der Waals surface area (Å²) in [5.74, 6) is 0. The van der Waals surface area contributed by atoms with Gasteiger partial charge in [-0.25, -0.2) is 0 Å². The molecular weight excluding hydrogens is 188 g/mol. The Balaban J connectivity index is 1.67. The van der Waals surface area contributed by atoms with Crippen molar-refractivity contribution in [2.24, 2.45) is 0 Å². The molecule has 0 aliphatic carbocycles. The first-order valence-corrected chi connectivity index (χ1v) is 6.47.